The Kier molecular flexibility index (Phi) is 4.83. The van der Waals surface area contributed by atoms with Crippen LogP contribution in [0.3, 0.4) is 0 Å². The Morgan fingerprint density at radius 1 is 1.26 bits per heavy atom. The summed E-state index contributed by atoms with van der Waals surface area (Å²) in [5, 5.41) is 11.6. The van der Waals surface area contributed by atoms with Crippen LogP contribution in [-0.2, 0) is 4.79 Å². The van der Waals surface area contributed by atoms with Crippen molar-refractivity contribution in [3.05, 3.63) is 53.1 Å². The first-order chi connectivity index (χ1) is 10.8. The summed E-state index contributed by atoms with van der Waals surface area (Å²) in [6.07, 6.45) is 0.303. The van der Waals surface area contributed by atoms with Crippen molar-refractivity contribution in [3.8, 4) is 5.69 Å². The molecule has 1 atom stereocenters. The number of nitrogens with zero attached hydrogens (tertiary/aromatic N) is 1. The predicted octanol–water partition coefficient (Wildman–Crippen LogP) is 2.83. The van der Waals surface area contributed by atoms with E-state index in [-0.39, 0.29) is 5.82 Å². The molecule has 1 unspecified atom stereocenters. The van der Waals surface area contributed by atoms with Gasteiger partial charge < -0.3 is 15.0 Å². The van der Waals surface area contributed by atoms with Crippen LogP contribution in [0.1, 0.15) is 35.1 Å². The van der Waals surface area contributed by atoms with Crippen LogP contribution in [-0.4, -0.2) is 27.6 Å². The standard InChI is InChI=1S/C17H19FN2O3/c1-4-15(17(22)23)19-16(21)14-9-10(2)20(11(14)3)13-7-5-12(18)6-8-13/h5-9,15H,4H2,1-3H3,(H,19,21)(H,22,23). The molecule has 2 aromatic rings. The molecule has 5 nitrogen and oxygen atoms in total. The van der Waals surface area contributed by atoms with Gasteiger partial charge in [-0.25, -0.2) is 9.18 Å². The van der Waals surface area contributed by atoms with E-state index < -0.39 is 17.9 Å². The second-order valence-electron chi connectivity index (χ2n) is 5.37. The average molecular weight is 318 g/mol. The Morgan fingerprint density at radius 2 is 1.87 bits per heavy atom. The number of carbonyl (C=O) groups is 2. The molecule has 0 radical (unpaired) electrons. The van der Waals surface area contributed by atoms with Crippen LogP contribution in [0.5, 0.6) is 0 Å². The van der Waals surface area contributed by atoms with Gasteiger partial charge in [-0.2, -0.15) is 0 Å². The molecule has 0 saturated heterocycles. The van der Waals surface area contributed by atoms with Crippen LogP contribution in [0.2, 0.25) is 0 Å². The Hall–Kier alpha value is -2.63. The van der Waals surface area contributed by atoms with E-state index in [2.05, 4.69) is 5.32 Å². The maximum atomic E-state index is 13.1. The molecule has 0 aliphatic rings. The van der Waals surface area contributed by atoms with Gasteiger partial charge in [0, 0.05) is 17.1 Å². The van der Waals surface area contributed by atoms with Gasteiger partial charge in [0.2, 0.25) is 0 Å². The minimum absolute atomic E-state index is 0.303. The van der Waals surface area contributed by atoms with Gasteiger partial charge in [0.25, 0.3) is 5.91 Å². The molecule has 1 aromatic heterocycles. The first-order valence-corrected chi connectivity index (χ1v) is 7.33. The van der Waals surface area contributed by atoms with Gasteiger partial charge >= 0.3 is 5.97 Å². The van der Waals surface area contributed by atoms with Gasteiger partial charge in [0.1, 0.15) is 11.9 Å². The van der Waals surface area contributed by atoms with Gasteiger partial charge in [0.15, 0.2) is 0 Å². The molecule has 6 heteroatoms. The lowest BCUT2D eigenvalue weighted by Gasteiger charge is -2.13. The van der Waals surface area contributed by atoms with Crippen LogP contribution in [0.25, 0.3) is 5.69 Å². The van der Waals surface area contributed by atoms with Crippen molar-refractivity contribution in [2.24, 2.45) is 0 Å². The lowest BCUT2D eigenvalue weighted by atomic mass is 10.2. The molecule has 0 bridgehead atoms. The number of hydrogen-bond donors (Lipinski definition) is 2. The zero-order chi connectivity index (χ0) is 17.1. The number of aromatic nitrogens is 1. The smallest absolute Gasteiger partial charge is 0.326 e. The molecule has 1 heterocycles. The number of carboxylic acid groups (broad SMARTS) is 1. The number of rotatable bonds is 5. The molecule has 0 fully saturated rings. The third kappa shape index (κ3) is 3.41. The zero-order valence-corrected chi connectivity index (χ0v) is 13.3. The monoisotopic (exact) mass is 318 g/mol. The van der Waals surface area contributed by atoms with Gasteiger partial charge in [-0.15, -0.1) is 0 Å². The van der Waals surface area contributed by atoms with E-state index in [0.717, 1.165) is 11.4 Å². The highest BCUT2D eigenvalue weighted by molar-refractivity contribution is 5.98. The maximum Gasteiger partial charge on any atom is 0.326 e. The molecule has 1 amide bonds. The minimum atomic E-state index is -1.06. The largest absolute Gasteiger partial charge is 0.480 e. The fourth-order valence-electron chi connectivity index (χ4n) is 2.55. The second kappa shape index (κ2) is 6.64. The van der Waals surface area contributed by atoms with Crippen LogP contribution in [0.15, 0.2) is 30.3 Å². The van der Waals surface area contributed by atoms with Crippen molar-refractivity contribution in [3.63, 3.8) is 0 Å². The third-order valence-corrected chi connectivity index (χ3v) is 3.77. The summed E-state index contributed by atoms with van der Waals surface area (Å²) in [7, 11) is 0. The number of nitrogens with one attached hydrogen (secondary N) is 1. The minimum Gasteiger partial charge on any atom is -0.480 e. The maximum absolute atomic E-state index is 13.1. The molecule has 1 aromatic carbocycles. The van der Waals surface area contributed by atoms with Crippen molar-refractivity contribution >= 4 is 11.9 Å². The topological polar surface area (TPSA) is 71.3 Å². The highest BCUT2D eigenvalue weighted by Gasteiger charge is 2.22. The summed E-state index contributed by atoms with van der Waals surface area (Å²) in [4.78, 5) is 23.4. The molecule has 0 saturated carbocycles. The van der Waals surface area contributed by atoms with E-state index in [0.29, 0.717) is 17.7 Å². The highest BCUT2D eigenvalue weighted by atomic mass is 19.1. The summed E-state index contributed by atoms with van der Waals surface area (Å²) >= 11 is 0. The fourth-order valence-corrected chi connectivity index (χ4v) is 2.55. The lowest BCUT2D eigenvalue weighted by Crippen LogP contribution is -2.40. The summed E-state index contributed by atoms with van der Waals surface area (Å²) in [5.41, 5.74) is 2.63. The SMILES string of the molecule is CCC(NC(=O)c1cc(C)n(-c2ccc(F)cc2)c1C)C(=O)O. The molecule has 0 aliphatic carbocycles. The quantitative estimate of drug-likeness (QED) is 0.890. The van der Waals surface area contributed by atoms with Crippen LogP contribution in [0, 0.1) is 19.7 Å². The molecular weight excluding hydrogens is 299 g/mol. The third-order valence-electron chi connectivity index (χ3n) is 3.77. The lowest BCUT2D eigenvalue weighted by molar-refractivity contribution is -0.139. The first kappa shape index (κ1) is 16.7. The van der Waals surface area contributed by atoms with E-state index >= 15 is 0 Å². The highest BCUT2D eigenvalue weighted by Crippen LogP contribution is 2.21. The number of halogens is 1. The van der Waals surface area contributed by atoms with Gasteiger partial charge in [0.05, 0.1) is 5.56 Å². The molecule has 2 rings (SSSR count). The number of aryl methyl sites for hydroxylation is 1. The summed E-state index contributed by atoms with van der Waals surface area (Å²) in [6.45, 7) is 5.30. The van der Waals surface area contributed by atoms with Crippen molar-refractivity contribution in [2.75, 3.05) is 0 Å². The number of amides is 1. The molecule has 2 N–H and O–H groups in total. The normalized spacial score (nSPS) is 12.0. The number of carboxylic acids is 1. The van der Waals surface area contributed by atoms with Crippen LogP contribution in [0.4, 0.5) is 4.39 Å². The van der Waals surface area contributed by atoms with E-state index in [9.17, 15) is 14.0 Å². The second-order valence-corrected chi connectivity index (χ2v) is 5.37. The van der Waals surface area contributed by atoms with E-state index in [1.807, 2.05) is 11.5 Å². The number of carbonyl (C=O) groups excluding carboxylic acids is 1. The molecule has 122 valence electrons. The van der Waals surface area contributed by atoms with E-state index in [1.54, 1.807) is 32.0 Å². The first-order valence-electron chi connectivity index (χ1n) is 7.33. The van der Waals surface area contributed by atoms with E-state index in [1.165, 1.54) is 12.1 Å². The molecule has 0 spiro atoms. The predicted molar refractivity (Wildman–Crippen MR) is 84.4 cm³/mol. The van der Waals surface area contributed by atoms with E-state index in [4.69, 9.17) is 5.11 Å². The molecule has 23 heavy (non-hydrogen) atoms. The van der Waals surface area contributed by atoms with Crippen LogP contribution < -0.4 is 5.32 Å². The Morgan fingerprint density at radius 3 is 2.39 bits per heavy atom. The Bertz CT molecular complexity index is 735. The van der Waals surface area contributed by atoms with Gasteiger partial charge in [-0.3, -0.25) is 4.79 Å². The molecular formula is C17H19FN2O3. The summed E-state index contributed by atoms with van der Waals surface area (Å²) < 4.78 is 14.9. The number of benzene rings is 1. The Labute approximate surface area is 133 Å². The Balaban J connectivity index is 2.35. The fraction of sp³-hybridized carbons (Fsp3) is 0.294. The number of hydrogen-bond acceptors (Lipinski definition) is 2. The molecule has 0 aliphatic heterocycles. The zero-order valence-electron chi connectivity index (χ0n) is 13.3. The van der Waals surface area contributed by atoms with Gasteiger partial charge in [-0.1, -0.05) is 6.92 Å². The van der Waals surface area contributed by atoms with Crippen molar-refractivity contribution in [1.82, 2.24) is 9.88 Å². The van der Waals surface area contributed by atoms with Crippen molar-refractivity contribution in [2.45, 2.75) is 33.2 Å². The van der Waals surface area contributed by atoms with Crippen molar-refractivity contribution in [1.29, 1.82) is 0 Å². The summed E-state index contributed by atoms with van der Waals surface area (Å²) in [5.74, 6) is -1.82. The van der Waals surface area contributed by atoms with Crippen molar-refractivity contribution < 1.29 is 19.1 Å². The van der Waals surface area contributed by atoms with Gasteiger partial charge in [-0.05, 0) is 50.6 Å². The van der Waals surface area contributed by atoms with Crippen LogP contribution >= 0.6 is 0 Å². The average Bonchev–Trinajstić information content (AvgIpc) is 2.80. The number of aliphatic carboxylic acids is 1. The summed E-state index contributed by atoms with van der Waals surface area (Å²) in [6, 6.07) is 6.74.